The molecule has 1 aliphatic carbocycles. The highest BCUT2D eigenvalue weighted by Gasteiger charge is 2.39. The van der Waals surface area contributed by atoms with Crippen molar-refractivity contribution in [2.75, 3.05) is 26.7 Å². The average molecular weight is 490 g/mol. The molecule has 3 rings (SSSR count). The molecule has 0 spiro atoms. The number of benzene rings is 2. The van der Waals surface area contributed by atoms with Gasteiger partial charge in [-0.25, -0.2) is 0 Å². The predicted octanol–water partition coefficient (Wildman–Crippen LogP) is 4.85. The summed E-state index contributed by atoms with van der Waals surface area (Å²) in [5.74, 6) is 1.14. The van der Waals surface area contributed by atoms with Crippen LogP contribution in [0.5, 0.6) is 5.75 Å². The van der Waals surface area contributed by atoms with Gasteiger partial charge in [0.1, 0.15) is 5.75 Å². The second kappa shape index (κ2) is 13.5. The van der Waals surface area contributed by atoms with Crippen LogP contribution in [0.3, 0.4) is 0 Å². The van der Waals surface area contributed by atoms with E-state index in [-0.39, 0.29) is 11.3 Å². The number of hydrogen-bond donors (Lipinski definition) is 2. The van der Waals surface area contributed by atoms with Gasteiger partial charge < -0.3 is 15.0 Å². The lowest BCUT2D eigenvalue weighted by molar-refractivity contribution is 0.0926. The first-order valence-corrected chi connectivity index (χ1v) is 13.0. The van der Waals surface area contributed by atoms with Gasteiger partial charge in [0.25, 0.3) is 5.91 Å². The van der Waals surface area contributed by atoms with E-state index in [1.54, 1.807) is 13.2 Å². The quantitative estimate of drug-likeness (QED) is 0.215. The van der Waals surface area contributed by atoms with Gasteiger partial charge in [-0.1, -0.05) is 56.3 Å². The van der Waals surface area contributed by atoms with E-state index in [2.05, 4.69) is 64.8 Å². The molecule has 0 aliphatic heterocycles. The van der Waals surface area contributed by atoms with Gasteiger partial charge in [-0.05, 0) is 56.2 Å². The van der Waals surface area contributed by atoms with Crippen LogP contribution < -0.4 is 15.4 Å². The molecule has 2 aromatic rings. The second-order valence-electron chi connectivity index (χ2n) is 9.40. The Bertz CT molecular complexity index is 1040. The Kier molecular flexibility index (Phi) is 10.2. The minimum absolute atomic E-state index is 0.121. The van der Waals surface area contributed by atoms with E-state index < -0.39 is 0 Å². The number of guanidine groups is 1. The van der Waals surface area contributed by atoms with Crippen LogP contribution >= 0.6 is 0 Å². The molecule has 1 saturated carbocycles. The van der Waals surface area contributed by atoms with Gasteiger partial charge in [0.05, 0.1) is 12.7 Å². The number of methoxy groups -OCH3 is 1. The Morgan fingerprint density at radius 1 is 1.11 bits per heavy atom. The third-order valence-corrected chi connectivity index (χ3v) is 7.07. The van der Waals surface area contributed by atoms with Gasteiger partial charge in [-0.15, -0.1) is 0 Å². The molecule has 36 heavy (non-hydrogen) atoms. The summed E-state index contributed by atoms with van der Waals surface area (Å²) >= 11 is 0. The maximum Gasteiger partial charge on any atom is 0.255 e. The molecular formula is C29H39N5O2. The van der Waals surface area contributed by atoms with Gasteiger partial charge in [0, 0.05) is 31.1 Å². The summed E-state index contributed by atoms with van der Waals surface area (Å²) in [5, 5.41) is 15.4. The highest BCUT2D eigenvalue weighted by Crippen LogP contribution is 2.40. The van der Waals surface area contributed by atoms with Crippen molar-refractivity contribution in [1.82, 2.24) is 15.5 Å². The fourth-order valence-corrected chi connectivity index (χ4v) is 5.18. The molecule has 1 fully saturated rings. The smallest absolute Gasteiger partial charge is 0.255 e. The van der Waals surface area contributed by atoms with Gasteiger partial charge in [0.15, 0.2) is 6.19 Å². The number of carbonyl (C=O) groups excluding carboxylic acids is 1. The lowest BCUT2D eigenvalue weighted by atomic mass is 9.67. The molecule has 0 saturated heterocycles. The zero-order chi connectivity index (χ0) is 25.8. The molecule has 1 amide bonds. The zero-order valence-corrected chi connectivity index (χ0v) is 21.8. The zero-order valence-electron chi connectivity index (χ0n) is 21.8. The van der Waals surface area contributed by atoms with E-state index in [1.165, 1.54) is 5.56 Å². The van der Waals surface area contributed by atoms with Crippen molar-refractivity contribution in [1.29, 1.82) is 5.26 Å². The van der Waals surface area contributed by atoms with Crippen LogP contribution in [0, 0.1) is 11.5 Å². The maximum atomic E-state index is 13.1. The molecule has 1 aliphatic rings. The Morgan fingerprint density at radius 2 is 1.81 bits per heavy atom. The van der Waals surface area contributed by atoms with E-state index in [0.29, 0.717) is 36.4 Å². The highest BCUT2D eigenvalue weighted by molar-refractivity contribution is 5.97. The fraction of sp³-hybridized carbons (Fsp3) is 0.483. The number of aliphatic imine (C=N–C) groups is 1. The van der Waals surface area contributed by atoms with Gasteiger partial charge in [-0.3, -0.25) is 15.1 Å². The first kappa shape index (κ1) is 27.1. The fourth-order valence-electron chi connectivity index (χ4n) is 5.18. The van der Waals surface area contributed by atoms with Gasteiger partial charge in [-0.2, -0.15) is 5.26 Å². The molecule has 2 N–H and O–H groups in total. The summed E-state index contributed by atoms with van der Waals surface area (Å²) in [5.41, 5.74) is 1.64. The largest absolute Gasteiger partial charge is 0.496 e. The third-order valence-electron chi connectivity index (χ3n) is 7.07. The number of ether oxygens (including phenoxy) is 1. The number of nitriles is 1. The molecule has 0 aromatic heterocycles. The second-order valence-corrected chi connectivity index (χ2v) is 9.40. The molecule has 0 atom stereocenters. The van der Waals surface area contributed by atoms with E-state index >= 15 is 0 Å². The Hall–Kier alpha value is -3.53. The maximum absolute atomic E-state index is 13.1. The molecule has 7 heteroatoms. The standard InChI is InChI=1S/C29H39N5O2/c1-4-19-31-28(33-22-30)34(20-5-2)24-15-17-29(18-16-24,23-11-7-6-8-12-23)21-32-27(35)25-13-9-10-14-26(25)36-3/h6-14,24H,4-5,15-21H2,1-3H3,(H,31,33)(H,32,35). The predicted molar refractivity (Wildman–Crippen MR) is 144 cm³/mol. The third kappa shape index (κ3) is 6.57. The molecule has 2 aromatic carbocycles. The monoisotopic (exact) mass is 489 g/mol. The topological polar surface area (TPSA) is 89.8 Å². The molecule has 0 unspecified atom stereocenters. The van der Waals surface area contributed by atoms with Crippen LogP contribution in [0.25, 0.3) is 0 Å². The number of para-hydroxylation sites is 1. The van der Waals surface area contributed by atoms with Crippen molar-refractivity contribution in [3.05, 3.63) is 65.7 Å². The first-order valence-electron chi connectivity index (χ1n) is 13.0. The minimum atomic E-state index is -0.156. The number of hydrogen-bond acceptors (Lipinski definition) is 4. The van der Waals surface area contributed by atoms with Crippen molar-refractivity contribution in [3.63, 3.8) is 0 Å². The summed E-state index contributed by atoms with van der Waals surface area (Å²) in [4.78, 5) is 20.1. The van der Waals surface area contributed by atoms with Crippen molar-refractivity contribution in [2.24, 2.45) is 4.99 Å². The van der Waals surface area contributed by atoms with Crippen LogP contribution in [-0.4, -0.2) is 49.6 Å². The van der Waals surface area contributed by atoms with E-state index in [9.17, 15) is 10.1 Å². The van der Waals surface area contributed by atoms with E-state index in [4.69, 9.17) is 4.74 Å². The lowest BCUT2D eigenvalue weighted by Gasteiger charge is -2.44. The van der Waals surface area contributed by atoms with Crippen molar-refractivity contribution >= 4 is 11.9 Å². The Labute approximate surface area is 215 Å². The molecule has 192 valence electrons. The van der Waals surface area contributed by atoms with Crippen LogP contribution in [0.4, 0.5) is 0 Å². The van der Waals surface area contributed by atoms with Crippen molar-refractivity contribution < 1.29 is 9.53 Å². The van der Waals surface area contributed by atoms with E-state index in [1.807, 2.05) is 24.3 Å². The molecule has 0 bridgehead atoms. The number of nitrogens with zero attached hydrogens (tertiary/aromatic N) is 3. The minimum Gasteiger partial charge on any atom is -0.496 e. The summed E-state index contributed by atoms with van der Waals surface area (Å²) in [6.45, 7) is 6.35. The summed E-state index contributed by atoms with van der Waals surface area (Å²) in [6.07, 6.45) is 7.77. The number of carbonyl (C=O) groups is 1. The van der Waals surface area contributed by atoms with Crippen LogP contribution in [-0.2, 0) is 5.41 Å². The first-order chi connectivity index (χ1) is 17.6. The molecule has 0 radical (unpaired) electrons. The Morgan fingerprint density at radius 3 is 2.44 bits per heavy atom. The molecular weight excluding hydrogens is 450 g/mol. The van der Waals surface area contributed by atoms with Crippen molar-refractivity contribution in [3.8, 4) is 11.9 Å². The summed E-state index contributed by atoms with van der Waals surface area (Å²) in [7, 11) is 1.58. The van der Waals surface area contributed by atoms with Crippen LogP contribution in [0.2, 0.25) is 0 Å². The number of rotatable bonds is 10. The number of amides is 1. The van der Waals surface area contributed by atoms with Gasteiger partial charge in [0.2, 0.25) is 5.96 Å². The summed E-state index contributed by atoms with van der Waals surface area (Å²) < 4.78 is 5.40. The van der Waals surface area contributed by atoms with Crippen molar-refractivity contribution in [2.45, 2.75) is 63.8 Å². The summed E-state index contributed by atoms with van der Waals surface area (Å²) in [6, 6.07) is 18.1. The molecule has 7 nitrogen and oxygen atoms in total. The normalized spacial score (nSPS) is 19.7. The Balaban J connectivity index is 1.80. The van der Waals surface area contributed by atoms with Crippen LogP contribution in [0.1, 0.15) is 68.3 Å². The lowest BCUT2D eigenvalue weighted by Crippen LogP contribution is -2.51. The van der Waals surface area contributed by atoms with Gasteiger partial charge >= 0.3 is 0 Å². The number of nitrogens with one attached hydrogen (secondary N) is 2. The highest BCUT2D eigenvalue weighted by atomic mass is 16.5. The average Bonchev–Trinajstić information content (AvgIpc) is 2.93. The SMILES string of the molecule is CCCN=C(NC#N)N(CCC)C1CCC(CNC(=O)c2ccccc2OC)(c2ccccc2)CC1. The van der Waals surface area contributed by atoms with Crippen LogP contribution in [0.15, 0.2) is 59.6 Å². The van der Waals surface area contributed by atoms with E-state index in [0.717, 1.165) is 45.1 Å². The molecule has 0 heterocycles.